The highest BCUT2D eigenvalue weighted by molar-refractivity contribution is 9.10. The standard InChI is InChI=1S/C16H28BrN3O/c1-4-14-16(17)15(20(6-3)19-14)11-12(18-5-2)10-13-8-7-9-21-13/h12-13,18H,4-11H2,1-3H3. The maximum absolute atomic E-state index is 5.81. The molecule has 0 saturated carbocycles. The second-order valence-corrected chi connectivity index (χ2v) is 6.50. The van der Waals surface area contributed by atoms with Crippen molar-refractivity contribution in [2.45, 2.75) is 71.6 Å². The molecule has 1 aromatic heterocycles. The van der Waals surface area contributed by atoms with E-state index in [1.807, 2.05) is 0 Å². The third-order valence-corrected chi connectivity index (χ3v) is 5.11. The van der Waals surface area contributed by atoms with Crippen molar-refractivity contribution >= 4 is 15.9 Å². The van der Waals surface area contributed by atoms with Crippen molar-refractivity contribution in [2.24, 2.45) is 0 Å². The summed E-state index contributed by atoms with van der Waals surface area (Å²) < 4.78 is 9.14. The topological polar surface area (TPSA) is 39.1 Å². The van der Waals surface area contributed by atoms with Crippen LogP contribution in [0.25, 0.3) is 0 Å². The van der Waals surface area contributed by atoms with Crippen molar-refractivity contribution in [3.8, 4) is 0 Å². The number of rotatable bonds is 8. The molecule has 0 aromatic carbocycles. The maximum atomic E-state index is 5.81. The van der Waals surface area contributed by atoms with Gasteiger partial charge in [-0.1, -0.05) is 13.8 Å². The van der Waals surface area contributed by atoms with Crippen LogP contribution in [0.4, 0.5) is 0 Å². The Morgan fingerprint density at radius 1 is 1.43 bits per heavy atom. The Labute approximate surface area is 136 Å². The fourth-order valence-electron chi connectivity index (χ4n) is 3.12. The Bertz CT molecular complexity index is 441. The minimum Gasteiger partial charge on any atom is -0.378 e. The van der Waals surface area contributed by atoms with E-state index in [4.69, 9.17) is 9.84 Å². The van der Waals surface area contributed by atoms with E-state index in [-0.39, 0.29) is 0 Å². The van der Waals surface area contributed by atoms with Gasteiger partial charge in [0.2, 0.25) is 0 Å². The van der Waals surface area contributed by atoms with Gasteiger partial charge < -0.3 is 10.1 Å². The molecule has 1 aliphatic heterocycles. The normalized spacial score (nSPS) is 20.1. The summed E-state index contributed by atoms with van der Waals surface area (Å²) in [4.78, 5) is 0. The Hall–Kier alpha value is -0.390. The van der Waals surface area contributed by atoms with Crippen molar-refractivity contribution < 1.29 is 4.74 Å². The Morgan fingerprint density at radius 3 is 2.81 bits per heavy atom. The molecular formula is C16H28BrN3O. The van der Waals surface area contributed by atoms with Gasteiger partial charge >= 0.3 is 0 Å². The number of aromatic nitrogens is 2. The average molecular weight is 358 g/mol. The molecule has 1 aliphatic rings. The van der Waals surface area contributed by atoms with Crippen LogP contribution in [0.1, 0.15) is 51.4 Å². The first-order valence-electron chi connectivity index (χ1n) is 8.28. The molecule has 1 N–H and O–H groups in total. The molecule has 2 unspecified atom stereocenters. The van der Waals surface area contributed by atoms with Crippen LogP contribution in [0.2, 0.25) is 0 Å². The van der Waals surface area contributed by atoms with Crippen LogP contribution in [0, 0.1) is 0 Å². The molecule has 4 nitrogen and oxygen atoms in total. The Kier molecular flexibility index (Phi) is 6.71. The highest BCUT2D eigenvalue weighted by Gasteiger charge is 2.23. The highest BCUT2D eigenvalue weighted by atomic mass is 79.9. The first-order valence-corrected chi connectivity index (χ1v) is 9.07. The largest absolute Gasteiger partial charge is 0.378 e. The summed E-state index contributed by atoms with van der Waals surface area (Å²) in [6.45, 7) is 9.34. The van der Waals surface area contributed by atoms with E-state index in [9.17, 15) is 0 Å². The number of hydrogen-bond donors (Lipinski definition) is 1. The zero-order valence-electron chi connectivity index (χ0n) is 13.5. The van der Waals surface area contributed by atoms with Crippen molar-refractivity contribution in [2.75, 3.05) is 13.2 Å². The van der Waals surface area contributed by atoms with Crippen LogP contribution in [-0.2, 0) is 24.1 Å². The summed E-state index contributed by atoms with van der Waals surface area (Å²) in [7, 11) is 0. The number of nitrogens with zero attached hydrogens (tertiary/aromatic N) is 2. The number of aryl methyl sites for hydroxylation is 2. The highest BCUT2D eigenvalue weighted by Crippen LogP contribution is 2.25. The minimum atomic E-state index is 0.427. The van der Waals surface area contributed by atoms with Crippen molar-refractivity contribution in [1.82, 2.24) is 15.1 Å². The van der Waals surface area contributed by atoms with Crippen molar-refractivity contribution in [1.29, 1.82) is 0 Å². The van der Waals surface area contributed by atoms with Gasteiger partial charge in [-0.2, -0.15) is 5.10 Å². The molecule has 2 atom stereocenters. The van der Waals surface area contributed by atoms with Gasteiger partial charge in [0.1, 0.15) is 0 Å². The van der Waals surface area contributed by atoms with Gasteiger partial charge in [0.15, 0.2) is 0 Å². The Morgan fingerprint density at radius 2 is 2.24 bits per heavy atom. The molecule has 2 heterocycles. The first-order chi connectivity index (χ1) is 10.2. The molecule has 0 aliphatic carbocycles. The van der Waals surface area contributed by atoms with Gasteiger partial charge in [0, 0.05) is 25.6 Å². The molecule has 2 rings (SSSR count). The lowest BCUT2D eigenvalue weighted by atomic mass is 10.0. The summed E-state index contributed by atoms with van der Waals surface area (Å²) in [6.07, 6.45) is 5.91. The lowest BCUT2D eigenvalue weighted by molar-refractivity contribution is 0.0945. The molecule has 21 heavy (non-hydrogen) atoms. The number of ether oxygens (including phenoxy) is 1. The van der Waals surface area contributed by atoms with Crippen LogP contribution in [0.5, 0.6) is 0 Å². The number of nitrogens with one attached hydrogen (secondary N) is 1. The summed E-state index contributed by atoms with van der Waals surface area (Å²) in [5.74, 6) is 0. The van der Waals surface area contributed by atoms with Crippen LogP contribution in [-0.4, -0.2) is 35.1 Å². The zero-order valence-corrected chi connectivity index (χ0v) is 15.1. The SMILES string of the molecule is CCNC(Cc1c(Br)c(CC)nn1CC)CC1CCCO1. The summed E-state index contributed by atoms with van der Waals surface area (Å²) in [5.41, 5.74) is 2.48. The van der Waals surface area contributed by atoms with Gasteiger partial charge in [-0.3, -0.25) is 4.68 Å². The second-order valence-electron chi connectivity index (χ2n) is 5.71. The van der Waals surface area contributed by atoms with Crippen LogP contribution >= 0.6 is 15.9 Å². The fourth-order valence-corrected chi connectivity index (χ4v) is 3.85. The molecule has 120 valence electrons. The van der Waals surface area contributed by atoms with E-state index >= 15 is 0 Å². The lowest BCUT2D eigenvalue weighted by Gasteiger charge is -2.21. The van der Waals surface area contributed by atoms with E-state index in [0.717, 1.165) is 39.0 Å². The quantitative estimate of drug-likeness (QED) is 0.775. The first kappa shape index (κ1) is 17.0. The second kappa shape index (κ2) is 8.30. The molecule has 5 heteroatoms. The summed E-state index contributed by atoms with van der Waals surface area (Å²) in [6, 6.07) is 0.459. The van der Waals surface area contributed by atoms with E-state index in [0.29, 0.717) is 12.1 Å². The van der Waals surface area contributed by atoms with Gasteiger partial charge in [0.25, 0.3) is 0 Å². The summed E-state index contributed by atoms with van der Waals surface area (Å²) >= 11 is 3.75. The maximum Gasteiger partial charge on any atom is 0.0766 e. The zero-order chi connectivity index (χ0) is 15.2. The molecule has 1 aromatic rings. The number of hydrogen-bond acceptors (Lipinski definition) is 3. The van der Waals surface area contributed by atoms with E-state index in [2.05, 4.69) is 46.7 Å². The Balaban J connectivity index is 2.09. The lowest BCUT2D eigenvalue weighted by Crippen LogP contribution is -2.35. The van der Waals surface area contributed by atoms with Gasteiger partial charge in [-0.15, -0.1) is 0 Å². The number of halogens is 1. The van der Waals surface area contributed by atoms with Gasteiger partial charge in [-0.25, -0.2) is 0 Å². The smallest absolute Gasteiger partial charge is 0.0766 e. The molecule has 1 fully saturated rings. The van der Waals surface area contributed by atoms with Gasteiger partial charge in [0.05, 0.1) is 22.0 Å². The van der Waals surface area contributed by atoms with Crippen LogP contribution in [0.3, 0.4) is 0 Å². The molecule has 1 saturated heterocycles. The molecular weight excluding hydrogens is 330 g/mol. The minimum absolute atomic E-state index is 0.427. The molecule has 0 amide bonds. The monoisotopic (exact) mass is 357 g/mol. The fraction of sp³-hybridized carbons (Fsp3) is 0.812. The predicted octanol–water partition coefficient (Wildman–Crippen LogP) is 3.32. The van der Waals surface area contributed by atoms with E-state index in [1.165, 1.54) is 28.7 Å². The number of likely N-dealkylation sites (N-methyl/N-ethyl adjacent to an activating group) is 1. The van der Waals surface area contributed by atoms with Gasteiger partial charge in [-0.05, 0) is 55.1 Å². The van der Waals surface area contributed by atoms with Crippen LogP contribution < -0.4 is 5.32 Å². The van der Waals surface area contributed by atoms with Crippen LogP contribution in [0.15, 0.2) is 4.47 Å². The predicted molar refractivity (Wildman–Crippen MR) is 89.7 cm³/mol. The third-order valence-electron chi connectivity index (χ3n) is 4.20. The van der Waals surface area contributed by atoms with Crippen molar-refractivity contribution in [3.05, 3.63) is 15.9 Å². The molecule has 0 bridgehead atoms. The van der Waals surface area contributed by atoms with E-state index in [1.54, 1.807) is 0 Å². The van der Waals surface area contributed by atoms with Crippen molar-refractivity contribution in [3.63, 3.8) is 0 Å². The molecule has 0 radical (unpaired) electrons. The average Bonchev–Trinajstić information content (AvgIpc) is 3.08. The summed E-state index contributed by atoms with van der Waals surface area (Å²) in [5, 5.41) is 8.32. The van der Waals surface area contributed by atoms with E-state index < -0.39 is 0 Å². The molecule has 0 spiro atoms. The third kappa shape index (κ3) is 4.30.